The number of thioether (sulfide) groups is 1. The van der Waals surface area contributed by atoms with Crippen molar-refractivity contribution in [3.8, 4) is 22.8 Å². The molecule has 1 fully saturated rings. The van der Waals surface area contributed by atoms with Crippen molar-refractivity contribution in [3.63, 3.8) is 0 Å². The number of hydrogen-bond acceptors (Lipinski definition) is 9. The molecule has 5 aromatic rings. The Kier molecular flexibility index (Phi) is 9.58. The largest absolute Gasteiger partial charge is 0.454 e. The molecule has 9 nitrogen and oxygen atoms in total. The van der Waals surface area contributed by atoms with Crippen molar-refractivity contribution < 1.29 is 14.3 Å². The van der Waals surface area contributed by atoms with Gasteiger partial charge in [0.05, 0.1) is 5.69 Å². The average Bonchev–Trinajstić information content (AvgIpc) is 3.60. The number of nitrogens with one attached hydrogen (secondary N) is 1. The van der Waals surface area contributed by atoms with Gasteiger partial charge >= 0.3 is 0 Å². The number of amides is 1. The monoisotopic (exact) mass is 644 g/mol. The van der Waals surface area contributed by atoms with E-state index in [-0.39, 0.29) is 5.91 Å². The van der Waals surface area contributed by atoms with Crippen molar-refractivity contribution in [3.05, 3.63) is 126 Å². The number of fused-ring (bicyclic) bond motifs is 1. The van der Waals surface area contributed by atoms with Crippen LogP contribution >= 0.6 is 11.8 Å². The minimum Gasteiger partial charge on any atom is -0.454 e. The van der Waals surface area contributed by atoms with Gasteiger partial charge in [0, 0.05) is 80.5 Å². The fourth-order valence-corrected chi connectivity index (χ4v) is 6.53. The number of ether oxygens (including phenoxy) is 2. The van der Waals surface area contributed by atoms with Gasteiger partial charge in [0.15, 0.2) is 16.7 Å². The number of pyridine rings is 1. The molecule has 2 aliphatic heterocycles. The molecule has 0 saturated carbocycles. The lowest BCUT2D eigenvalue weighted by Gasteiger charge is -2.35. The first-order chi connectivity index (χ1) is 23.2. The molecule has 0 atom stereocenters. The van der Waals surface area contributed by atoms with Crippen LogP contribution in [0.4, 0.5) is 5.82 Å². The quantitative estimate of drug-likeness (QED) is 0.140. The van der Waals surface area contributed by atoms with Gasteiger partial charge in [0.1, 0.15) is 5.82 Å². The summed E-state index contributed by atoms with van der Waals surface area (Å²) in [5.41, 5.74) is 5.83. The van der Waals surface area contributed by atoms with Gasteiger partial charge < -0.3 is 19.7 Å². The van der Waals surface area contributed by atoms with E-state index in [4.69, 9.17) is 19.4 Å². The number of aromatic nitrogens is 3. The van der Waals surface area contributed by atoms with E-state index in [1.807, 2.05) is 66.7 Å². The van der Waals surface area contributed by atoms with E-state index >= 15 is 0 Å². The minimum atomic E-state index is -0.0879. The van der Waals surface area contributed by atoms with Crippen molar-refractivity contribution in [2.45, 2.75) is 23.9 Å². The van der Waals surface area contributed by atoms with Crippen LogP contribution in [0.3, 0.4) is 0 Å². The maximum Gasteiger partial charge on any atom is 0.251 e. The van der Waals surface area contributed by atoms with E-state index in [0.29, 0.717) is 36.2 Å². The summed E-state index contributed by atoms with van der Waals surface area (Å²) in [7, 11) is 0. The molecule has 0 radical (unpaired) electrons. The molecule has 0 unspecified atom stereocenters. The summed E-state index contributed by atoms with van der Waals surface area (Å²) in [4.78, 5) is 32.0. The lowest BCUT2D eigenvalue weighted by atomic mass is 10.1. The first-order valence-electron chi connectivity index (χ1n) is 15.9. The molecular formula is C37H36N6O3S. The molecule has 7 rings (SSSR count). The first-order valence-corrected chi connectivity index (χ1v) is 16.8. The highest BCUT2D eigenvalue weighted by Crippen LogP contribution is 2.33. The third-order valence-corrected chi connectivity index (χ3v) is 9.17. The van der Waals surface area contributed by atoms with Crippen molar-refractivity contribution >= 4 is 23.5 Å². The molecule has 10 heteroatoms. The van der Waals surface area contributed by atoms with Crippen LogP contribution in [0.2, 0.25) is 0 Å². The van der Waals surface area contributed by atoms with Gasteiger partial charge in [0.25, 0.3) is 5.91 Å². The number of rotatable bonds is 11. The molecular weight excluding hydrogens is 609 g/mol. The second-order valence-electron chi connectivity index (χ2n) is 11.5. The van der Waals surface area contributed by atoms with E-state index in [2.05, 4.69) is 50.4 Å². The molecule has 2 aromatic heterocycles. The highest BCUT2D eigenvalue weighted by Gasteiger charge is 2.21. The predicted molar refractivity (Wildman–Crippen MR) is 184 cm³/mol. The zero-order valence-electron chi connectivity index (χ0n) is 26.0. The van der Waals surface area contributed by atoms with Gasteiger partial charge in [-0.05, 0) is 47.5 Å². The van der Waals surface area contributed by atoms with Gasteiger partial charge in [-0.3, -0.25) is 14.7 Å². The Balaban J connectivity index is 1.00. The van der Waals surface area contributed by atoms with Crippen LogP contribution in [-0.2, 0) is 18.7 Å². The number of piperazine rings is 1. The summed E-state index contributed by atoms with van der Waals surface area (Å²) in [5.74, 6) is 3.14. The third-order valence-electron chi connectivity index (χ3n) is 8.25. The fourth-order valence-electron chi connectivity index (χ4n) is 5.73. The van der Waals surface area contributed by atoms with E-state index in [1.165, 1.54) is 5.56 Å². The topological polar surface area (TPSA) is 92.7 Å². The Morgan fingerprint density at radius 1 is 0.809 bits per heavy atom. The Labute approximate surface area is 279 Å². The molecule has 1 saturated heterocycles. The number of hydrogen-bond donors (Lipinski definition) is 1. The third kappa shape index (κ3) is 7.90. The van der Waals surface area contributed by atoms with Crippen LogP contribution in [0.15, 0.2) is 108 Å². The SMILES string of the molecule is O=C(NCCc1ccccn1)c1cccc(CSc2nc(-c3ccccc3)cc(N3CCN(Cc4ccc5c(c4)OCO5)CC3)n2)c1. The number of anilines is 1. The molecule has 3 aromatic carbocycles. The van der Waals surface area contributed by atoms with Gasteiger partial charge in [0.2, 0.25) is 6.79 Å². The van der Waals surface area contributed by atoms with Crippen molar-refractivity contribution in [1.82, 2.24) is 25.2 Å². The van der Waals surface area contributed by atoms with E-state index < -0.39 is 0 Å². The van der Waals surface area contributed by atoms with Gasteiger partial charge in [-0.25, -0.2) is 9.97 Å². The fraction of sp³-hybridized carbons (Fsp3) is 0.243. The van der Waals surface area contributed by atoms with E-state index in [0.717, 1.165) is 72.6 Å². The standard InChI is InChI=1S/C37H36N6O3S/c44-36(39-16-14-31-11-4-5-15-38-31)30-10-6-7-28(21-30)25-47-37-40-32(29-8-2-1-3-9-29)23-35(41-37)43-19-17-42(18-20-43)24-27-12-13-33-34(22-27)46-26-45-33/h1-13,15,21-23H,14,16-20,24-26H2,(H,39,44). The Bertz CT molecular complexity index is 1820. The Morgan fingerprint density at radius 2 is 1.66 bits per heavy atom. The molecule has 0 aliphatic carbocycles. The zero-order chi connectivity index (χ0) is 31.8. The molecule has 1 amide bonds. The summed E-state index contributed by atoms with van der Waals surface area (Å²) in [6, 6.07) is 32.1. The predicted octanol–water partition coefficient (Wildman–Crippen LogP) is 5.85. The van der Waals surface area contributed by atoms with Crippen LogP contribution < -0.4 is 19.7 Å². The molecule has 0 spiro atoms. The van der Waals surface area contributed by atoms with Crippen LogP contribution in [-0.4, -0.2) is 65.3 Å². The van der Waals surface area contributed by atoms with Gasteiger partial charge in [-0.15, -0.1) is 0 Å². The lowest BCUT2D eigenvalue weighted by Crippen LogP contribution is -2.46. The second kappa shape index (κ2) is 14.7. The van der Waals surface area contributed by atoms with Crippen LogP contribution in [0.25, 0.3) is 11.3 Å². The minimum absolute atomic E-state index is 0.0879. The van der Waals surface area contributed by atoms with Gasteiger partial charge in [-0.2, -0.15) is 0 Å². The number of carbonyl (C=O) groups is 1. The van der Waals surface area contributed by atoms with Crippen LogP contribution in [0.5, 0.6) is 11.5 Å². The lowest BCUT2D eigenvalue weighted by molar-refractivity contribution is 0.0954. The summed E-state index contributed by atoms with van der Waals surface area (Å²) < 4.78 is 11.0. The molecule has 0 bridgehead atoms. The highest BCUT2D eigenvalue weighted by molar-refractivity contribution is 7.98. The van der Waals surface area contributed by atoms with Gasteiger partial charge in [-0.1, -0.05) is 66.4 Å². The number of carbonyl (C=O) groups excluding carboxylic acids is 1. The summed E-state index contributed by atoms with van der Waals surface area (Å²) in [6.07, 6.45) is 2.46. The van der Waals surface area contributed by atoms with Crippen molar-refractivity contribution in [1.29, 1.82) is 0 Å². The molecule has 238 valence electrons. The Morgan fingerprint density at radius 3 is 2.51 bits per heavy atom. The normalized spacial score (nSPS) is 14.3. The molecule has 4 heterocycles. The maximum atomic E-state index is 12.9. The van der Waals surface area contributed by atoms with Crippen molar-refractivity contribution in [2.75, 3.05) is 44.4 Å². The van der Waals surface area contributed by atoms with Crippen LogP contribution in [0.1, 0.15) is 27.2 Å². The molecule has 1 N–H and O–H groups in total. The Hall–Kier alpha value is -4.93. The smallest absolute Gasteiger partial charge is 0.251 e. The summed E-state index contributed by atoms with van der Waals surface area (Å²) >= 11 is 1.59. The summed E-state index contributed by atoms with van der Waals surface area (Å²) in [5, 5.41) is 3.73. The summed E-state index contributed by atoms with van der Waals surface area (Å²) in [6.45, 7) is 5.29. The second-order valence-corrected chi connectivity index (χ2v) is 12.5. The maximum absolute atomic E-state index is 12.9. The molecule has 2 aliphatic rings. The molecule has 47 heavy (non-hydrogen) atoms. The zero-order valence-corrected chi connectivity index (χ0v) is 26.9. The first kappa shape index (κ1) is 30.7. The number of benzene rings is 3. The average molecular weight is 645 g/mol. The number of nitrogens with zero attached hydrogens (tertiary/aromatic N) is 5. The van der Waals surface area contributed by atoms with Crippen molar-refractivity contribution in [2.24, 2.45) is 0 Å². The van der Waals surface area contributed by atoms with E-state index in [9.17, 15) is 4.79 Å². The highest BCUT2D eigenvalue weighted by atomic mass is 32.2. The van der Waals surface area contributed by atoms with Crippen LogP contribution in [0, 0.1) is 0 Å². The van der Waals surface area contributed by atoms with E-state index in [1.54, 1.807) is 18.0 Å².